The van der Waals surface area contributed by atoms with Crippen LogP contribution in [0.4, 0.5) is 0 Å². The second-order valence-corrected chi connectivity index (χ2v) is 11.8. The van der Waals surface area contributed by atoms with E-state index in [9.17, 15) is 4.79 Å². The molecule has 0 fully saturated rings. The van der Waals surface area contributed by atoms with Crippen LogP contribution in [0.5, 0.6) is 0 Å². The molecule has 1 aromatic rings. The normalized spacial score (nSPS) is 13.0. The van der Waals surface area contributed by atoms with E-state index >= 15 is 0 Å². The summed E-state index contributed by atoms with van der Waals surface area (Å²) in [5.41, 5.74) is 1.99. The lowest BCUT2D eigenvalue weighted by atomic mass is 9.83. The van der Waals surface area contributed by atoms with Gasteiger partial charge >= 0.3 is 0 Å². The zero-order chi connectivity index (χ0) is 26.7. The van der Waals surface area contributed by atoms with Crippen LogP contribution in [0.2, 0.25) is 0 Å². The molecule has 1 aromatic carbocycles. The molecule has 0 aromatic heterocycles. The van der Waals surface area contributed by atoms with Gasteiger partial charge in [-0.3, -0.25) is 4.79 Å². The van der Waals surface area contributed by atoms with Crippen LogP contribution in [0.3, 0.4) is 0 Å². The molecule has 0 aliphatic rings. The van der Waals surface area contributed by atoms with Gasteiger partial charge in [-0.05, 0) is 33.1 Å². The van der Waals surface area contributed by atoms with Crippen LogP contribution in [0.15, 0.2) is 42.5 Å². The van der Waals surface area contributed by atoms with Crippen LogP contribution in [0.1, 0.15) is 129 Å². The highest BCUT2D eigenvalue weighted by Gasteiger charge is 2.41. The van der Waals surface area contributed by atoms with Crippen molar-refractivity contribution in [3.63, 3.8) is 0 Å². The number of benzene rings is 1. The SMILES string of the molecule is C=C(C)C(=O)NCCCC(C)(c1ccccc1)[N+](C)(C)CCCCCCCCCCCCCCCC.[Cl-]. The fraction of sp³-hybridized carbons (Fsp3) is 0.727. The molecular formula is C33H59ClN2O. The summed E-state index contributed by atoms with van der Waals surface area (Å²) in [5, 5.41) is 3.01. The Bertz CT molecular complexity index is 718. The molecule has 0 saturated carbocycles. The molecule has 0 bridgehead atoms. The molecule has 0 radical (unpaired) electrons. The molecule has 0 aliphatic carbocycles. The van der Waals surface area contributed by atoms with Crippen molar-refractivity contribution in [1.82, 2.24) is 5.32 Å². The van der Waals surface area contributed by atoms with Gasteiger partial charge in [0.25, 0.3) is 0 Å². The standard InChI is InChI=1S/C33H58N2O.ClH/c1-7-8-9-10-11-12-13-14-15-16-17-18-19-23-29-35(5,6)33(4,31-25-21-20-22-26-31)27-24-28-34-32(36)30(2)3;/h20-22,25-26H,2,7-19,23-24,27-29H2,1,3-6H3;1H. The first-order chi connectivity index (χ1) is 17.2. The number of carbonyl (C=O) groups excluding carboxylic acids is 1. The largest absolute Gasteiger partial charge is 1.00 e. The molecule has 3 nitrogen and oxygen atoms in total. The summed E-state index contributed by atoms with van der Waals surface area (Å²) >= 11 is 0. The summed E-state index contributed by atoms with van der Waals surface area (Å²) in [6.45, 7) is 12.1. The molecule has 1 amide bonds. The quantitative estimate of drug-likeness (QED) is 0.111. The third-order valence-electron chi connectivity index (χ3n) is 8.32. The van der Waals surface area contributed by atoms with Crippen LogP contribution >= 0.6 is 0 Å². The summed E-state index contributed by atoms with van der Waals surface area (Å²) in [4.78, 5) is 11.9. The molecule has 37 heavy (non-hydrogen) atoms. The minimum atomic E-state index is -0.0347. The molecule has 0 saturated heterocycles. The van der Waals surface area contributed by atoms with E-state index in [4.69, 9.17) is 0 Å². The van der Waals surface area contributed by atoms with Gasteiger partial charge in [0, 0.05) is 24.1 Å². The molecule has 1 N–H and O–H groups in total. The van der Waals surface area contributed by atoms with Gasteiger partial charge in [-0.15, -0.1) is 0 Å². The highest BCUT2D eigenvalue weighted by molar-refractivity contribution is 5.91. The maximum atomic E-state index is 11.9. The number of amides is 1. The van der Waals surface area contributed by atoms with E-state index in [1.807, 2.05) is 0 Å². The van der Waals surface area contributed by atoms with Crippen molar-refractivity contribution >= 4 is 5.91 Å². The van der Waals surface area contributed by atoms with Gasteiger partial charge in [0.1, 0.15) is 5.54 Å². The summed E-state index contributed by atoms with van der Waals surface area (Å²) in [6, 6.07) is 11.0. The number of carbonyl (C=O) groups is 1. The first kappa shape index (κ1) is 35.7. The minimum absolute atomic E-state index is 0. The van der Waals surface area contributed by atoms with E-state index in [0.29, 0.717) is 12.1 Å². The van der Waals surface area contributed by atoms with Crippen molar-refractivity contribution in [3.8, 4) is 0 Å². The third kappa shape index (κ3) is 14.4. The van der Waals surface area contributed by atoms with E-state index in [1.165, 1.54) is 102 Å². The van der Waals surface area contributed by atoms with Crippen LogP contribution in [-0.2, 0) is 10.3 Å². The molecular weight excluding hydrogens is 476 g/mol. The molecule has 214 valence electrons. The molecule has 1 atom stereocenters. The van der Waals surface area contributed by atoms with Crippen LogP contribution < -0.4 is 17.7 Å². The Morgan fingerprint density at radius 1 is 0.811 bits per heavy atom. The lowest BCUT2D eigenvalue weighted by Crippen LogP contribution is -3.00. The lowest BCUT2D eigenvalue weighted by Gasteiger charge is -2.47. The Labute approximate surface area is 236 Å². The maximum Gasteiger partial charge on any atom is 0.246 e. The number of unbranched alkanes of at least 4 members (excludes halogenated alkanes) is 13. The molecule has 4 heteroatoms. The number of hydrogen-bond acceptors (Lipinski definition) is 1. The minimum Gasteiger partial charge on any atom is -1.00 e. The Morgan fingerprint density at radius 2 is 1.27 bits per heavy atom. The predicted octanol–water partition coefficient (Wildman–Crippen LogP) is 5.94. The van der Waals surface area contributed by atoms with Gasteiger partial charge in [0.05, 0.1) is 20.6 Å². The molecule has 1 unspecified atom stereocenters. The van der Waals surface area contributed by atoms with Gasteiger partial charge in [0.2, 0.25) is 5.91 Å². The second kappa shape index (κ2) is 20.6. The first-order valence-corrected chi connectivity index (χ1v) is 15.1. The Morgan fingerprint density at radius 3 is 1.73 bits per heavy atom. The molecule has 0 spiro atoms. The average Bonchev–Trinajstić information content (AvgIpc) is 2.86. The van der Waals surface area contributed by atoms with E-state index in [1.54, 1.807) is 6.92 Å². The van der Waals surface area contributed by atoms with Gasteiger partial charge in [-0.2, -0.15) is 0 Å². The number of halogens is 1. The summed E-state index contributed by atoms with van der Waals surface area (Å²) in [5.74, 6) is -0.0347. The molecule has 0 heterocycles. The van der Waals surface area contributed by atoms with Crippen molar-refractivity contribution in [2.75, 3.05) is 27.2 Å². The number of quaternary nitrogens is 1. The average molecular weight is 535 g/mol. The monoisotopic (exact) mass is 534 g/mol. The summed E-state index contributed by atoms with van der Waals surface area (Å²) < 4.78 is 0.976. The summed E-state index contributed by atoms with van der Waals surface area (Å²) in [7, 11) is 4.78. The smallest absolute Gasteiger partial charge is 0.246 e. The van der Waals surface area contributed by atoms with Crippen molar-refractivity contribution in [1.29, 1.82) is 0 Å². The zero-order valence-corrected chi connectivity index (χ0v) is 25.8. The second-order valence-electron chi connectivity index (χ2n) is 11.8. The lowest BCUT2D eigenvalue weighted by molar-refractivity contribution is -0.948. The van der Waals surface area contributed by atoms with Crippen molar-refractivity contribution in [2.45, 2.75) is 129 Å². The Hall–Kier alpha value is -1.32. The molecule has 1 rings (SSSR count). The maximum absolute atomic E-state index is 11.9. The third-order valence-corrected chi connectivity index (χ3v) is 8.32. The van der Waals surface area contributed by atoms with Gasteiger partial charge in [-0.1, -0.05) is 121 Å². The van der Waals surface area contributed by atoms with Crippen molar-refractivity contribution in [3.05, 3.63) is 48.0 Å². The van der Waals surface area contributed by atoms with Crippen LogP contribution in [0, 0.1) is 0 Å². The van der Waals surface area contributed by atoms with E-state index in [2.05, 4.69) is 70.2 Å². The van der Waals surface area contributed by atoms with Crippen molar-refractivity contribution < 1.29 is 21.7 Å². The zero-order valence-electron chi connectivity index (χ0n) is 25.1. The topological polar surface area (TPSA) is 29.1 Å². The number of nitrogens with one attached hydrogen (secondary N) is 1. The van der Waals surface area contributed by atoms with Gasteiger partial charge < -0.3 is 22.2 Å². The highest BCUT2D eigenvalue weighted by atomic mass is 35.5. The fourth-order valence-corrected chi connectivity index (χ4v) is 5.33. The molecule has 0 aliphatic heterocycles. The van der Waals surface area contributed by atoms with Gasteiger partial charge in [-0.25, -0.2) is 0 Å². The van der Waals surface area contributed by atoms with Gasteiger partial charge in [0.15, 0.2) is 0 Å². The van der Waals surface area contributed by atoms with E-state index in [0.717, 1.165) is 17.3 Å². The number of hydrogen-bond donors (Lipinski definition) is 1. The Kier molecular flexibility index (Phi) is 19.9. The Balaban J connectivity index is 0.0000130. The van der Waals surface area contributed by atoms with Crippen LogP contribution in [-0.4, -0.2) is 37.6 Å². The number of nitrogens with zero attached hydrogens (tertiary/aromatic N) is 1. The van der Waals surface area contributed by atoms with E-state index in [-0.39, 0.29) is 23.9 Å². The fourth-order valence-electron chi connectivity index (χ4n) is 5.33. The summed E-state index contributed by atoms with van der Waals surface area (Å²) in [6.07, 6.45) is 21.6. The van der Waals surface area contributed by atoms with Crippen molar-refractivity contribution in [2.24, 2.45) is 0 Å². The number of rotatable bonds is 22. The highest BCUT2D eigenvalue weighted by Crippen LogP contribution is 2.37. The first-order valence-electron chi connectivity index (χ1n) is 15.1. The van der Waals surface area contributed by atoms with E-state index < -0.39 is 0 Å². The predicted molar refractivity (Wildman–Crippen MR) is 158 cm³/mol. The van der Waals surface area contributed by atoms with Crippen LogP contribution in [0.25, 0.3) is 0 Å².